The van der Waals surface area contributed by atoms with Crippen molar-refractivity contribution in [1.82, 2.24) is 29.6 Å². The van der Waals surface area contributed by atoms with Crippen molar-refractivity contribution in [3.63, 3.8) is 0 Å². The maximum Gasteiger partial charge on any atom is 0.226 e. The van der Waals surface area contributed by atoms with E-state index in [0.29, 0.717) is 23.5 Å². The predicted octanol–water partition coefficient (Wildman–Crippen LogP) is 1.51. The van der Waals surface area contributed by atoms with Gasteiger partial charge in [0.25, 0.3) is 0 Å². The Labute approximate surface area is 146 Å². The van der Waals surface area contributed by atoms with Gasteiger partial charge in [-0.3, -0.25) is 4.68 Å². The van der Waals surface area contributed by atoms with E-state index >= 15 is 0 Å². The number of rotatable bonds is 3. The van der Waals surface area contributed by atoms with Crippen LogP contribution in [0.3, 0.4) is 0 Å². The van der Waals surface area contributed by atoms with Gasteiger partial charge in [-0.1, -0.05) is 0 Å². The van der Waals surface area contributed by atoms with Gasteiger partial charge in [0.05, 0.1) is 11.1 Å². The summed E-state index contributed by atoms with van der Waals surface area (Å²) in [7, 11) is 4.03. The van der Waals surface area contributed by atoms with Crippen LogP contribution in [0.15, 0.2) is 24.4 Å². The fourth-order valence-electron chi connectivity index (χ4n) is 3.13. The topological polar surface area (TPSA) is 97.8 Å². The van der Waals surface area contributed by atoms with Crippen molar-refractivity contribution in [3.8, 4) is 11.4 Å². The van der Waals surface area contributed by atoms with Crippen LogP contribution in [0, 0.1) is 0 Å². The molecule has 3 aromatic rings. The van der Waals surface area contributed by atoms with Crippen LogP contribution in [-0.4, -0.2) is 55.8 Å². The Kier molecular flexibility index (Phi) is 3.96. The Bertz CT molecular complexity index is 895. The molecule has 8 heteroatoms. The summed E-state index contributed by atoms with van der Waals surface area (Å²) in [5, 5.41) is 8.56. The second-order valence-electron chi connectivity index (χ2n) is 6.60. The number of anilines is 2. The zero-order chi connectivity index (χ0) is 17.4. The summed E-state index contributed by atoms with van der Waals surface area (Å²) >= 11 is 0. The molecule has 0 atom stereocenters. The maximum atomic E-state index is 6.12. The van der Waals surface area contributed by atoms with Gasteiger partial charge in [-0.05, 0) is 51.2 Å². The highest BCUT2D eigenvalue weighted by molar-refractivity contribution is 5.87. The number of pyridine rings is 1. The first-order valence-electron chi connectivity index (χ1n) is 8.48. The smallest absolute Gasteiger partial charge is 0.226 e. The lowest BCUT2D eigenvalue weighted by Crippen LogP contribution is -2.37. The number of hydrogen-bond acceptors (Lipinski definition) is 7. The largest absolute Gasteiger partial charge is 0.383 e. The molecule has 25 heavy (non-hydrogen) atoms. The molecular weight excluding hydrogens is 316 g/mol. The quantitative estimate of drug-likeness (QED) is 0.747. The van der Waals surface area contributed by atoms with E-state index < -0.39 is 0 Å². The molecule has 1 aliphatic rings. The molecule has 0 radical (unpaired) electrons. The van der Waals surface area contributed by atoms with Crippen LogP contribution in [0.25, 0.3) is 22.4 Å². The summed E-state index contributed by atoms with van der Waals surface area (Å²) in [6.07, 6.45) is 4.03. The van der Waals surface area contributed by atoms with Crippen molar-refractivity contribution in [3.05, 3.63) is 24.4 Å². The molecule has 0 spiro atoms. The van der Waals surface area contributed by atoms with E-state index in [0.717, 1.165) is 42.7 Å². The summed E-state index contributed by atoms with van der Waals surface area (Å²) < 4.78 is 1.75. The minimum absolute atomic E-state index is 0.368. The summed E-state index contributed by atoms with van der Waals surface area (Å²) in [6, 6.07) is 6.10. The number of nitrogens with one attached hydrogen (secondary N) is 1. The Hall–Kier alpha value is -2.74. The van der Waals surface area contributed by atoms with Gasteiger partial charge < -0.3 is 16.0 Å². The first kappa shape index (κ1) is 15.8. The predicted molar refractivity (Wildman–Crippen MR) is 98.1 cm³/mol. The van der Waals surface area contributed by atoms with E-state index in [1.165, 1.54) is 0 Å². The summed E-state index contributed by atoms with van der Waals surface area (Å²) in [5.41, 5.74) is 8.29. The van der Waals surface area contributed by atoms with Crippen molar-refractivity contribution in [2.24, 2.45) is 7.05 Å². The highest BCUT2D eigenvalue weighted by Gasteiger charge is 2.18. The number of nitrogen functional groups attached to an aromatic ring is 1. The van der Waals surface area contributed by atoms with Gasteiger partial charge in [0.2, 0.25) is 5.95 Å². The van der Waals surface area contributed by atoms with E-state index in [9.17, 15) is 0 Å². The van der Waals surface area contributed by atoms with E-state index in [1.54, 1.807) is 4.68 Å². The zero-order valence-electron chi connectivity index (χ0n) is 14.5. The molecule has 4 heterocycles. The molecule has 0 unspecified atom stereocenters. The van der Waals surface area contributed by atoms with Gasteiger partial charge in [0, 0.05) is 19.3 Å². The van der Waals surface area contributed by atoms with Crippen LogP contribution < -0.4 is 11.1 Å². The van der Waals surface area contributed by atoms with E-state index in [-0.39, 0.29) is 0 Å². The minimum atomic E-state index is 0.368. The van der Waals surface area contributed by atoms with Crippen LogP contribution in [0.4, 0.5) is 11.8 Å². The lowest BCUT2D eigenvalue weighted by atomic mass is 10.1. The van der Waals surface area contributed by atoms with Crippen molar-refractivity contribution >= 4 is 22.8 Å². The van der Waals surface area contributed by atoms with Gasteiger partial charge >= 0.3 is 0 Å². The highest BCUT2D eigenvalue weighted by atomic mass is 15.3. The Morgan fingerprint density at radius 2 is 1.84 bits per heavy atom. The molecule has 0 aliphatic carbocycles. The number of aryl methyl sites for hydroxylation is 1. The molecule has 0 aromatic carbocycles. The van der Waals surface area contributed by atoms with Gasteiger partial charge in [-0.2, -0.15) is 15.1 Å². The van der Waals surface area contributed by atoms with Crippen LogP contribution in [-0.2, 0) is 7.05 Å². The molecule has 0 saturated carbocycles. The van der Waals surface area contributed by atoms with Gasteiger partial charge in [0.1, 0.15) is 11.5 Å². The zero-order valence-corrected chi connectivity index (χ0v) is 14.5. The molecule has 130 valence electrons. The van der Waals surface area contributed by atoms with Crippen molar-refractivity contribution < 1.29 is 0 Å². The van der Waals surface area contributed by atoms with Crippen molar-refractivity contribution in [1.29, 1.82) is 0 Å². The maximum absolute atomic E-state index is 6.12. The molecule has 3 N–H and O–H groups in total. The highest BCUT2D eigenvalue weighted by Crippen LogP contribution is 2.23. The van der Waals surface area contributed by atoms with Crippen LogP contribution in [0.5, 0.6) is 0 Å². The summed E-state index contributed by atoms with van der Waals surface area (Å²) in [6.45, 7) is 2.14. The molecule has 0 amide bonds. The lowest BCUT2D eigenvalue weighted by molar-refractivity contribution is 0.263. The molecule has 0 bridgehead atoms. The third-order valence-electron chi connectivity index (χ3n) is 4.62. The Morgan fingerprint density at radius 3 is 2.56 bits per heavy atom. The second kappa shape index (κ2) is 6.29. The van der Waals surface area contributed by atoms with Crippen molar-refractivity contribution in [2.75, 3.05) is 31.2 Å². The van der Waals surface area contributed by atoms with E-state index in [4.69, 9.17) is 5.73 Å². The number of hydrogen-bond donors (Lipinski definition) is 2. The third-order valence-corrected chi connectivity index (χ3v) is 4.62. The Morgan fingerprint density at radius 1 is 1.04 bits per heavy atom. The average molecular weight is 338 g/mol. The minimum Gasteiger partial charge on any atom is -0.383 e. The first-order valence-corrected chi connectivity index (χ1v) is 8.48. The number of likely N-dealkylation sites (tertiary alicyclic amines) is 1. The van der Waals surface area contributed by atoms with Gasteiger partial charge in [0.15, 0.2) is 5.65 Å². The molecule has 1 saturated heterocycles. The van der Waals surface area contributed by atoms with E-state index in [1.807, 2.05) is 31.4 Å². The normalized spacial score (nSPS) is 16.4. The summed E-state index contributed by atoms with van der Waals surface area (Å²) in [4.78, 5) is 15.9. The molecule has 8 nitrogen and oxygen atoms in total. The molecular formula is C17H22N8. The fourth-order valence-corrected chi connectivity index (χ4v) is 3.13. The first-order chi connectivity index (χ1) is 12.1. The number of nitrogens with zero attached hydrogens (tertiary/aromatic N) is 6. The molecule has 3 aromatic heterocycles. The fraction of sp³-hybridized carbons (Fsp3) is 0.412. The second-order valence-corrected chi connectivity index (χ2v) is 6.60. The number of nitrogens with two attached hydrogens (primary N) is 1. The SMILES string of the molecule is CN1CCC(Nc2nc(N)c3ccc(-c4ccn(C)n4)nc3n2)CC1. The van der Waals surface area contributed by atoms with Crippen LogP contribution >= 0.6 is 0 Å². The number of aromatic nitrogens is 5. The monoisotopic (exact) mass is 338 g/mol. The lowest BCUT2D eigenvalue weighted by Gasteiger charge is -2.29. The number of piperidine rings is 1. The van der Waals surface area contributed by atoms with Crippen molar-refractivity contribution in [2.45, 2.75) is 18.9 Å². The molecule has 1 aliphatic heterocycles. The van der Waals surface area contributed by atoms with Gasteiger partial charge in [-0.25, -0.2) is 4.98 Å². The average Bonchev–Trinajstić information content (AvgIpc) is 3.03. The number of fused-ring (bicyclic) bond motifs is 1. The standard InChI is InChI=1S/C17H22N8/c1-24-8-5-11(6-9-24)19-17-21-15(18)12-3-4-13(20-16(12)22-17)14-7-10-25(2)23-14/h3-4,7,10-11H,5-6,8-9H2,1-2H3,(H3,18,19,20,21,22). The van der Waals surface area contributed by atoms with Gasteiger partial charge in [-0.15, -0.1) is 0 Å². The van der Waals surface area contributed by atoms with Crippen LogP contribution in [0.2, 0.25) is 0 Å². The summed E-state index contributed by atoms with van der Waals surface area (Å²) in [5.74, 6) is 0.991. The van der Waals surface area contributed by atoms with Crippen LogP contribution in [0.1, 0.15) is 12.8 Å². The third kappa shape index (κ3) is 3.25. The molecule has 1 fully saturated rings. The van der Waals surface area contributed by atoms with E-state index in [2.05, 4.69) is 37.3 Å². The molecule has 4 rings (SSSR count). The Balaban J connectivity index is 1.64.